The fraction of sp³-hybridized carbons (Fsp3) is 0.250. The minimum atomic E-state index is -0.891. The maximum absolute atomic E-state index is 11.2. The van der Waals surface area contributed by atoms with Crippen molar-refractivity contribution in [1.29, 1.82) is 0 Å². The van der Waals surface area contributed by atoms with Gasteiger partial charge in [0.15, 0.2) is 5.78 Å². The highest BCUT2D eigenvalue weighted by Gasteiger charge is 2.33. The molecule has 1 aliphatic carbocycles. The van der Waals surface area contributed by atoms with Crippen molar-refractivity contribution in [3.63, 3.8) is 0 Å². The standard InChI is InChI=1S/C12H12O2/c1-8-7-10(13)12(14)11(8)9-5-3-2-4-6-9/h2-7,11-12,14H,1H3/t11-,12+/m0/s1. The van der Waals surface area contributed by atoms with Crippen LogP contribution in [0.5, 0.6) is 0 Å². The van der Waals surface area contributed by atoms with Gasteiger partial charge in [-0.05, 0) is 18.6 Å². The molecular weight excluding hydrogens is 176 g/mol. The van der Waals surface area contributed by atoms with Crippen molar-refractivity contribution in [1.82, 2.24) is 0 Å². The quantitative estimate of drug-likeness (QED) is 0.727. The van der Waals surface area contributed by atoms with E-state index in [0.29, 0.717) is 0 Å². The van der Waals surface area contributed by atoms with E-state index in [1.165, 1.54) is 6.08 Å². The second-order valence-electron chi connectivity index (χ2n) is 3.62. The number of benzene rings is 1. The molecule has 72 valence electrons. The molecule has 14 heavy (non-hydrogen) atoms. The Morgan fingerprint density at radius 3 is 2.36 bits per heavy atom. The van der Waals surface area contributed by atoms with Crippen molar-refractivity contribution >= 4 is 5.78 Å². The van der Waals surface area contributed by atoms with Crippen LogP contribution in [0.3, 0.4) is 0 Å². The van der Waals surface area contributed by atoms with Crippen molar-refractivity contribution in [2.45, 2.75) is 18.9 Å². The van der Waals surface area contributed by atoms with Gasteiger partial charge in [0.1, 0.15) is 6.10 Å². The van der Waals surface area contributed by atoms with Crippen LogP contribution >= 0.6 is 0 Å². The van der Waals surface area contributed by atoms with E-state index >= 15 is 0 Å². The smallest absolute Gasteiger partial charge is 0.185 e. The van der Waals surface area contributed by atoms with Crippen molar-refractivity contribution in [2.24, 2.45) is 0 Å². The summed E-state index contributed by atoms with van der Waals surface area (Å²) in [4.78, 5) is 11.2. The van der Waals surface area contributed by atoms with Crippen LogP contribution < -0.4 is 0 Å². The van der Waals surface area contributed by atoms with Crippen molar-refractivity contribution in [3.8, 4) is 0 Å². The molecule has 1 aliphatic rings. The van der Waals surface area contributed by atoms with Crippen LogP contribution in [0.25, 0.3) is 0 Å². The number of ketones is 1. The highest BCUT2D eigenvalue weighted by Crippen LogP contribution is 2.32. The van der Waals surface area contributed by atoms with Gasteiger partial charge in [0.05, 0.1) is 0 Å². The summed E-state index contributed by atoms with van der Waals surface area (Å²) in [5.74, 6) is -0.333. The van der Waals surface area contributed by atoms with Crippen LogP contribution in [0, 0.1) is 0 Å². The average Bonchev–Trinajstić information content (AvgIpc) is 2.43. The molecule has 2 nitrogen and oxygen atoms in total. The Morgan fingerprint density at radius 1 is 1.21 bits per heavy atom. The van der Waals surface area contributed by atoms with Crippen LogP contribution in [0.4, 0.5) is 0 Å². The third-order valence-electron chi connectivity index (χ3n) is 2.63. The van der Waals surface area contributed by atoms with Crippen LogP contribution in [-0.4, -0.2) is 17.0 Å². The molecule has 1 aromatic carbocycles. The van der Waals surface area contributed by atoms with E-state index in [-0.39, 0.29) is 11.7 Å². The molecule has 0 unspecified atom stereocenters. The minimum Gasteiger partial charge on any atom is -0.384 e. The predicted molar refractivity (Wildman–Crippen MR) is 54.0 cm³/mol. The molecule has 1 aromatic rings. The topological polar surface area (TPSA) is 37.3 Å². The van der Waals surface area contributed by atoms with Gasteiger partial charge < -0.3 is 5.11 Å². The molecule has 2 atom stereocenters. The van der Waals surface area contributed by atoms with Crippen molar-refractivity contribution in [3.05, 3.63) is 47.5 Å². The van der Waals surface area contributed by atoms with E-state index in [1.807, 2.05) is 37.3 Å². The first-order valence-electron chi connectivity index (χ1n) is 4.65. The number of aliphatic hydroxyl groups is 1. The van der Waals surface area contributed by atoms with Gasteiger partial charge in [-0.3, -0.25) is 4.79 Å². The van der Waals surface area contributed by atoms with E-state index < -0.39 is 6.10 Å². The first-order valence-corrected chi connectivity index (χ1v) is 4.65. The number of hydrogen-bond donors (Lipinski definition) is 1. The lowest BCUT2D eigenvalue weighted by atomic mass is 9.91. The summed E-state index contributed by atoms with van der Waals surface area (Å²) in [7, 11) is 0. The number of hydrogen-bond acceptors (Lipinski definition) is 2. The zero-order chi connectivity index (χ0) is 10.1. The molecule has 0 spiro atoms. The highest BCUT2D eigenvalue weighted by atomic mass is 16.3. The summed E-state index contributed by atoms with van der Waals surface area (Å²) in [5, 5.41) is 9.68. The number of rotatable bonds is 1. The largest absolute Gasteiger partial charge is 0.384 e. The maximum Gasteiger partial charge on any atom is 0.185 e. The van der Waals surface area contributed by atoms with Crippen molar-refractivity contribution in [2.75, 3.05) is 0 Å². The molecule has 0 bridgehead atoms. The van der Waals surface area contributed by atoms with Crippen molar-refractivity contribution < 1.29 is 9.90 Å². The third-order valence-corrected chi connectivity index (χ3v) is 2.63. The second kappa shape index (κ2) is 3.39. The van der Waals surface area contributed by atoms with Gasteiger partial charge in [0.2, 0.25) is 0 Å². The predicted octanol–water partition coefficient (Wildman–Crippen LogP) is 1.66. The first kappa shape index (κ1) is 9.16. The van der Waals surface area contributed by atoms with Gasteiger partial charge in [0, 0.05) is 5.92 Å². The summed E-state index contributed by atoms with van der Waals surface area (Å²) in [6, 6.07) is 9.62. The fourth-order valence-electron chi connectivity index (χ4n) is 1.92. The molecule has 0 heterocycles. The van der Waals surface area contributed by atoms with E-state index in [4.69, 9.17) is 0 Å². The monoisotopic (exact) mass is 188 g/mol. The summed E-state index contributed by atoms with van der Waals surface area (Å²) >= 11 is 0. The van der Waals surface area contributed by atoms with Crippen LogP contribution in [0.2, 0.25) is 0 Å². The Bertz CT molecular complexity index is 379. The van der Waals surface area contributed by atoms with Gasteiger partial charge in [-0.25, -0.2) is 0 Å². The molecule has 0 saturated heterocycles. The van der Waals surface area contributed by atoms with Crippen LogP contribution in [-0.2, 0) is 4.79 Å². The fourth-order valence-corrected chi connectivity index (χ4v) is 1.92. The molecule has 0 radical (unpaired) electrons. The first-order chi connectivity index (χ1) is 6.70. The second-order valence-corrected chi connectivity index (χ2v) is 3.62. The summed E-state index contributed by atoms with van der Waals surface area (Å²) in [6.07, 6.45) is 0.639. The molecule has 0 amide bonds. The van der Waals surface area contributed by atoms with Gasteiger partial charge in [-0.1, -0.05) is 35.9 Å². The van der Waals surface area contributed by atoms with E-state index in [0.717, 1.165) is 11.1 Å². The van der Waals surface area contributed by atoms with E-state index in [9.17, 15) is 9.90 Å². The maximum atomic E-state index is 11.2. The van der Waals surface area contributed by atoms with E-state index in [1.54, 1.807) is 0 Å². The Hall–Kier alpha value is -1.41. The summed E-state index contributed by atoms with van der Waals surface area (Å²) in [6.45, 7) is 1.88. The molecular formula is C12H12O2. The Kier molecular flexibility index (Phi) is 2.22. The van der Waals surface area contributed by atoms with E-state index in [2.05, 4.69) is 0 Å². The average molecular weight is 188 g/mol. The van der Waals surface area contributed by atoms with Gasteiger partial charge in [0.25, 0.3) is 0 Å². The Balaban J connectivity index is 2.37. The molecule has 2 heteroatoms. The molecule has 1 N–H and O–H groups in total. The van der Waals surface area contributed by atoms with Gasteiger partial charge >= 0.3 is 0 Å². The SMILES string of the molecule is CC1=CC(=O)[C@@H](O)[C@@H]1c1ccccc1. The lowest BCUT2D eigenvalue weighted by molar-refractivity contribution is -0.121. The molecule has 0 saturated carbocycles. The minimum absolute atomic E-state index is 0.149. The summed E-state index contributed by atoms with van der Waals surface area (Å²) in [5.41, 5.74) is 1.94. The molecule has 0 fully saturated rings. The number of aliphatic hydroxyl groups excluding tert-OH is 1. The molecule has 0 aromatic heterocycles. The third kappa shape index (κ3) is 1.38. The normalized spacial score (nSPS) is 26.4. The highest BCUT2D eigenvalue weighted by molar-refractivity contribution is 5.98. The Labute approximate surface area is 82.9 Å². The lowest BCUT2D eigenvalue weighted by Gasteiger charge is -2.15. The molecule has 2 rings (SSSR count). The lowest BCUT2D eigenvalue weighted by Crippen LogP contribution is -2.21. The number of carbonyl (C=O) groups excluding carboxylic acids is 1. The number of carbonyl (C=O) groups is 1. The zero-order valence-corrected chi connectivity index (χ0v) is 7.97. The molecule has 0 aliphatic heterocycles. The Morgan fingerprint density at radius 2 is 1.86 bits per heavy atom. The van der Waals surface area contributed by atoms with Crippen LogP contribution in [0.15, 0.2) is 42.0 Å². The van der Waals surface area contributed by atoms with Gasteiger partial charge in [-0.2, -0.15) is 0 Å². The van der Waals surface area contributed by atoms with Gasteiger partial charge in [-0.15, -0.1) is 0 Å². The summed E-state index contributed by atoms with van der Waals surface area (Å²) < 4.78 is 0. The zero-order valence-electron chi connectivity index (χ0n) is 7.97. The van der Waals surface area contributed by atoms with Crippen LogP contribution in [0.1, 0.15) is 18.4 Å².